The second-order valence-corrected chi connectivity index (χ2v) is 13.0. The minimum Gasteiger partial charge on any atom is -0.256 e. The zero-order chi connectivity index (χ0) is 33.0. The Labute approximate surface area is 290 Å². The highest BCUT2D eigenvalue weighted by Crippen LogP contribution is 2.41. The predicted octanol–water partition coefficient (Wildman–Crippen LogP) is 12.9. The van der Waals surface area contributed by atoms with Crippen LogP contribution in [0, 0.1) is 0 Å². The van der Waals surface area contributed by atoms with E-state index in [1.807, 2.05) is 12.3 Å². The number of aromatic nitrogens is 2. The maximum atomic E-state index is 5.44. The fourth-order valence-corrected chi connectivity index (χ4v) is 7.55. The number of rotatable bonds is 4. The van der Waals surface area contributed by atoms with E-state index in [4.69, 9.17) is 9.97 Å². The molecule has 2 aromatic heterocycles. The molecule has 0 radical (unpaired) electrons. The maximum Gasteiger partial charge on any atom is 0.0794 e. The zero-order valence-corrected chi connectivity index (χ0v) is 27.2. The Morgan fingerprint density at radius 2 is 0.860 bits per heavy atom. The summed E-state index contributed by atoms with van der Waals surface area (Å²) in [6.45, 7) is 0. The van der Waals surface area contributed by atoms with E-state index in [2.05, 4.69) is 170 Å². The lowest BCUT2D eigenvalue weighted by Gasteiger charge is -2.16. The van der Waals surface area contributed by atoms with Gasteiger partial charge < -0.3 is 0 Å². The Morgan fingerprint density at radius 1 is 0.300 bits per heavy atom. The van der Waals surface area contributed by atoms with Gasteiger partial charge in [0.25, 0.3) is 0 Å². The van der Waals surface area contributed by atoms with Gasteiger partial charge in [0.1, 0.15) is 0 Å². The minimum absolute atomic E-state index is 0.962. The molecule has 0 saturated heterocycles. The van der Waals surface area contributed by atoms with Gasteiger partial charge >= 0.3 is 0 Å². The summed E-state index contributed by atoms with van der Waals surface area (Å²) >= 11 is 0. The third kappa shape index (κ3) is 4.73. The molecule has 10 aromatic rings. The number of pyridine rings is 2. The number of hydrogen-bond donors (Lipinski definition) is 0. The van der Waals surface area contributed by atoms with E-state index in [1.54, 1.807) is 0 Å². The van der Waals surface area contributed by atoms with E-state index in [1.165, 1.54) is 38.1 Å². The topological polar surface area (TPSA) is 25.8 Å². The van der Waals surface area contributed by atoms with Gasteiger partial charge in [0.05, 0.1) is 16.7 Å². The summed E-state index contributed by atoms with van der Waals surface area (Å²) in [6.07, 6.45) is 1.87. The molecule has 2 heteroatoms. The first-order chi connectivity index (χ1) is 24.8. The van der Waals surface area contributed by atoms with Gasteiger partial charge in [-0.15, -0.1) is 0 Å². The average Bonchev–Trinajstić information content (AvgIpc) is 3.19. The molecule has 10 rings (SSSR count). The van der Waals surface area contributed by atoms with E-state index in [0.717, 1.165) is 60.7 Å². The molecule has 0 fully saturated rings. The molecule has 2 heterocycles. The highest BCUT2D eigenvalue weighted by atomic mass is 14.7. The number of benzene rings is 8. The summed E-state index contributed by atoms with van der Waals surface area (Å²) in [6, 6.07) is 63.3. The summed E-state index contributed by atoms with van der Waals surface area (Å²) in [5, 5.41) is 9.53. The van der Waals surface area contributed by atoms with Crippen molar-refractivity contribution in [2.24, 2.45) is 0 Å². The lowest BCUT2D eigenvalue weighted by Crippen LogP contribution is -1.94. The van der Waals surface area contributed by atoms with Crippen LogP contribution in [0.1, 0.15) is 0 Å². The molecule has 0 aliphatic rings. The number of nitrogens with zero attached hydrogens (tertiary/aromatic N) is 2. The van der Waals surface area contributed by atoms with Crippen LogP contribution in [-0.4, -0.2) is 9.97 Å². The molecule has 0 saturated carbocycles. The first-order valence-corrected chi connectivity index (χ1v) is 17.1. The van der Waals surface area contributed by atoms with Crippen LogP contribution in [0.5, 0.6) is 0 Å². The molecule has 0 aliphatic carbocycles. The highest BCUT2D eigenvalue weighted by Gasteiger charge is 2.17. The van der Waals surface area contributed by atoms with Gasteiger partial charge in [0, 0.05) is 33.5 Å². The number of para-hydroxylation sites is 1. The van der Waals surface area contributed by atoms with E-state index < -0.39 is 0 Å². The van der Waals surface area contributed by atoms with Crippen LogP contribution in [0.3, 0.4) is 0 Å². The number of hydrogen-bond acceptors (Lipinski definition) is 2. The molecule has 50 heavy (non-hydrogen) atoms. The molecule has 8 aromatic carbocycles. The fourth-order valence-electron chi connectivity index (χ4n) is 7.55. The van der Waals surface area contributed by atoms with Crippen molar-refractivity contribution in [3.8, 4) is 44.6 Å². The van der Waals surface area contributed by atoms with Gasteiger partial charge in [-0.3, -0.25) is 4.98 Å². The van der Waals surface area contributed by atoms with Gasteiger partial charge in [0.15, 0.2) is 0 Å². The van der Waals surface area contributed by atoms with E-state index >= 15 is 0 Å². The average molecular weight is 635 g/mol. The van der Waals surface area contributed by atoms with Gasteiger partial charge in [-0.1, -0.05) is 146 Å². The largest absolute Gasteiger partial charge is 0.256 e. The van der Waals surface area contributed by atoms with E-state index in [0.29, 0.717) is 0 Å². The van der Waals surface area contributed by atoms with Crippen LogP contribution in [0.25, 0.3) is 98.8 Å². The van der Waals surface area contributed by atoms with Gasteiger partial charge in [-0.2, -0.15) is 0 Å². The van der Waals surface area contributed by atoms with E-state index in [-0.39, 0.29) is 0 Å². The fraction of sp³-hybridized carbons (Fsp3) is 0. The minimum atomic E-state index is 0.962. The monoisotopic (exact) mass is 634 g/mol. The quantitative estimate of drug-likeness (QED) is 0.180. The molecule has 0 unspecified atom stereocenters. The molecule has 0 N–H and O–H groups in total. The van der Waals surface area contributed by atoms with Crippen molar-refractivity contribution in [3.05, 3.63) is 182 Å². The van der Waals surface area contributed by atoms with Crippen LogP contribution < -0.4 is 0 Å². The first-order valence-electron chi connectivity index (χ1n) is 17.1. The normalized spacial score (nSPS) is 11.6. The van der Waals surface area contributed by atoms with Crippen molar-refractivity contribution >= 4 is 54.1 Å². The Hall–Kier alpha value is -6.64. The Bertz CT molecular complexity index is 2920. The van der Waals surface area contributed by atoms with Crippen LogP contribution in [0.15, 0.2) is 182 Å². The molecule has 0 atom stereocenters. The van der Waals surface area contributed by atoms with Gasteiger partial charge in [0.2, 0.25) is 0 Å². The molecular weight excluding hydrogens is 605 g/mol. The van der Waals surface area contributed by atoms with Crippen LogP contribution in [-0.2, 0) is 0 Å². The van der Waals surface area contributed by atoms with Crippen molar-refractivity contribution in [2.75, 3.05) is 0 Å². The summed E-state index contributed by atoms with van der Waals surface area (Å²) in [4.78, 5) is 10.2. The van der Waals surface area contributed by atoms with Crippen molar-refractivity contribution < 1.29 is 0 Å². The Morgan fingerprint density at radius 3 is 1.62 bits per heavy atom. The second-order valence-electron chi connectivity index (χ2n) is 13.0. The SMILES string of the molecule is c1ccc2cc(-c3cc(-c4ccc(-c5cccc6cccnc56)cc4)c4cc(-c5ccc6ccccc6c5)c5ccccc5c4n3)ccc2c1. The molecule has 0 aliphatic heterocycles. The smallest absolute Gasteiger partial charge is 0.0794 e. The van der Waals surface area contributed by atoms with Crippen LogP contribution >= 0.6 is 0 Å². The predicted molar refractivity (Wildman–Crippen MR) is 211 cm³/mol. The molecule has 0 bridgehead atoms. The zero-order valence-electron chi connectivity index (χ0n) is 27.2. The Balaban J connectivity index is 1.23. The summed E-state index contributed by atoms with van der Waals surface area (Å²) < 4.78 is 0. The van der Waals surface area contributed by atoms with Crippen LogP contribution in [0.4, 0.5) is 0 Å². The van der Waals surface area contributed by atoms with E-state index in [9.17, 15) is 0 Å². The highest BCUT2D eigenvalue weighted by molar-refractivity contribution is 6.16. The molecule has 0 spiro atoms. The lowest BCUT2D eigenvalue weighted by atomic mass is 9.90. The molecule has 2 nitrogen and oxygen atoms in total. The van der Waals surface area contributed by atoms with Gasteiger partial charge in [-0.25, -0.2) is 4.98 Å². The number of fused-ring (bicyclic) bond motifs is 6. The summed E-state index contributed by atoms with van der Waals surface area (Å²) in [5.41, 5.74) is 11.1. The second kappa shape index (κ2) is 11.5. The first kappa shape index (κ1) is 28.4. The van der Waals surface area contributed by atoms with Crippen molar-refractivity contribution in [2.45, 2.75) is 0 Å². The Kier molecular flexibility index (Phi) is 6.53. The van der Waals surface area contributed by atoms with Crippen molar-refractivity contribution in [3.63, 3.8) is 0 Å². The third-order valence-electron chi connectivity index (χ3n) is 10.1. The summed E-state index contributed by atoms with van der Waals surface area (Å²) in [5.74, 6) is 0. The summed E-state index contributed by atoms with van der Waals surface area (Å²) in [7, 11) is 0. The molecule has 232 valence electrons. The van der Waals surface area contributed by atoms with Crippen molar-refractivity contribution in [1.29, 1.82) is 0 Å². The van der Waals surface area contributed by atoms with Crippen LogP contribution in [0.2, 0.25) is 0 Å². The maximum absolute atomic E-state index is 5.44. The molecular formula is C48H30N2. The lowest BCUT2D eigenvalue weighted by molar-refractivity contribution is 1.41. The molecule has 0 amide bonds. The standard InChI is InChI=1S/C48H30N2/c1-3-11-36-27-38(24-18-31(36)9-1)43-29-45-44(34-22-20-33(21-23-34)40-17-7-13-35-14-8-26-49-47(35)40)30-46(50-48(45)42-16-6-5-15-41(42)43)39-25-19-32-10-2-4-12-37(32)28-39/h1-30H. The van der Waals surface area contributed by atoms with Crippen molar-refractivity contribution in [1.82, 2.24) is 9.97 Å². The van der Waals surface area contributed by atoms with Gasteiger partial charge in [-0.05, 0) is 85.1 Å². The third-order valence-corrected chi connectivity index (χ3v) is 10.1.